The van der Waals surface area contributed by atoms with Gasteiger partial charge >= 0.3 is 6.09 Å². The number of amides is 1. The van der Waals surface area contributed by atoms with Gasteiger partial charge in [0.2, 0.25) is 0 Å². The minimum Gasteiger partial charge on any atom is -0.444 e. The number of likely N-dealkylation sites (tertiary alicyclic amines) is 1. The van der Waals surface area contributed by atoms with E-state index in [2.05, 4.69) is 39.6 Å². The summed E-state index contributed by atoms with van der Waals surface area (Å²) in [6.07, 6.45) is 15.5. The number of fused-ring (bicyclic) bond motifs is 2. The molecule has 1 amide bonds. The molecule has 1 N–H and O–H groups in total. The highest BCUT2D eigenvalue weighted by Crippen LogP contribution is 2.21. The molecule has 0 aromatic carbocycles. The summed E-state index contributed by atoms with van der Waals surface area (Å²) in [5, 5.41) is 4.40. The fraction of sp³-hybridized carbons (Fsp3) is 0.632. The number of unbranched alkanes of at least 4 members (excludes halogenated alkanes) is 2. The molecule has 0 spiro atoms. The Morgan fingerprint density at radius 3 is 2.40 bits per heavy atom. The normalized spacial score (nSPS) is 19.3. The van der Waals surface area contributed by atoms with Crippen LogP contribution in [0.3, 0.4) is 0 Å². The Hall–Kier alpha value is -3.14. The van der Waals surface area contributed by atoms with Crippen LogP contribution in [0.15, 0.2) is 42.6 Å². The number of carbonyl (C=O) groups excluding carboxylic acids is 1. The first-order valence-corrected chi connectivity index (χ1v) is 17.9. The van der Waals surface area contributed by atoms with Gasteiger partial charge in [-0.25, -0.2) is 14.8 Å². The summed E-state index contributed by atoms with van der Waals surface area (Å²) >= 11 is 0. The maximum atomic E-state index is 12.1. The van der Waals surface area contributed by atoms with Gasteiger partial charge in [0.15, 0.2) is 5.65 Å². The molecule has 1 aliphatic carbocycles. The zero-order valence-electron chi connectivity index (χ0n) is 28.8. The van der Waals surface area contributed by atoms with Crippen LogP contribution in [0.2, 0.25) is 0 Å². The van der Waals surface area contributed by atoms with Crippen LogP contribution in [0.5, 0.6) is 0 Å². The standard InChI is InChI=1S/C21H29N3O3.C17H26N2O/c1-21(2,3)27-20(25)24-13-11-18(15-24)26-14-5-4-8-17-10-9-16-7-6-12-22-19(16)23-17;1-2-7-17-14(5-1)8-9-15(19-17)6-3-4-12-20-16-10-11-18-13-16/h6-7,9-10,12,18H,4-5,8,11,13-15H2,1-3H3;8-9,16,18H,1-7,10-13H2/t18-;16-/m11/s1. The quantitative estimate of drug-likeness (QED) is 0.219. The van der Waals surface area contributed by atoms with Gasteiger partial charge in [0, 0.05) is 55.0 Å². The number of nitrogens with one attached hydrogen (secondary N) is 1. The first kappa shape index (κ1) is 35.2. The number of ether oxygens (including phenoxy) is 3. The van der Waals surface area contributed by atoms with Gasteiger partial charge in [-0.2, -0.15) is 0 Å². The van der Waals surface area contributed by atoms with Crippen LogP contribution in [0, 0.1) is 0 Å². The average Bonchev–Trinajstić information content (AvgIpc) is 3.77. The number of carbonyl (C=O) groups is 1. The van der Waals surface area contributed by atoms with Gasteiger partial charge in [-0.3, -0.25) is 4.98 Å². The minimum atomic E-state index is -0.456. The van der Waals surface area contributed by atoms with E-state index in [1.54, 1.807) is 11.1 Å². The summed E-state index contributed by atoms with van der Waals surface area (Å²) in [5.41, 5.74) is 5.53. The first-order valence-electron chi connectivity index (χ1n) is 17.9. The third-order valence-electron chi connectivity index (χ3n) is 8.93. The van der Waals surface area contributed by atoms with E-state index in [1.165, 1.54) is 55.5 Å². The van der Waals surface area contributed by atoms with Crippen molar-refractivity contribution in [3.8, 4) is 0 Å². The van der Waals surface area contributed by atoms with E-state index >= 15 is 0 Å². The Labute approximate surface area is 281 Å². The van der Waals surface area contributed by atoms with Crippen molar-refractivity contribution in [2.75, 3.05) is 39.4 Å². The summed E-state index contributed by atoms with van der Waals surface area (Å²) in [7, 11) is 0. The number of pyridine rings is 3. The van der Waals surface area contributed by atoms with E-state index < -0.39 is 5.60 Å². The molecule has 0 saturated carbocycles. The average molecular weight is 646 g/mol. The van der Waals surface area contributed by atoms with Crippen molar-refractivity contribution in [3.63, 3.8) is 0 Å². The maximum absolute atomic E-state index is 12.1. The lowest BCUT2D eigenvalue weighted by Gasteiger charge is -2.24. The van der Waals surface area contributed by atoms with Crippen molar-refractivity contribution in [3.05, 3.63) is 65.2 Å². The molecule has 9 heteroatoms. The third kappa shape index (κ3) is 11.8. The van der Waals surface area contributed by atoms with Crippen molar-refractivity contribution < 1.29 is 19.0 Å². The number of rotatable bonds is 12. The van der Waals surface area contributed by atoms with E-state index in [1.807, 2.05) is 32.9 Å². The molecule has 256 valence electrons. The largest absolute Gasteiger partial charge is 0.444 e. The van der Waals surface area contributed by atoms with Crippen LogP contribution in [0.25, 0.3) is 11.0 Å². The molecule has 0 unspecified atom stereocenters. The van der Waals surface area contributed by atoms with Crippen LogP contribution in [0.1, 0.15) is 94.8 Å². The van der Waals surface area contributed by atoms with Crippen molar-refractivity contribution in [1.29, 1.82) is 0 Å². The lowest BCUT2D eigenvalue weighted by Crippen LogP contribution is -2.36. The molecule has 3 aromatic rings. The Balaban J connectivity index is 0.000000193. The number of hydrogen-bond donors (Lipinski definition) is 1. The van der Waals surface area contributed by atoms with E-state index in [0.29, 0.717) is 25.8 Å². The molecular formula is C38H55N5O4. The monoisotopic (exact) mass is 645 g/mol. The Kier molecular flexibility index (Phi) is 13.4. The van der Waals surface area contributed by atoms with Crippen LogP contribution in [-0.4, -0.2) is 83.1 Å². The molecule has 5 heterocycles. The van der Waals surface area contributed by atoms with Gasteiger partial charge in [-0.15, -0.1) is 0 Å². The van der Waals surface area contributed by atoms with Crippen molar-refractivity contribution in [2.45, 2.75) is 116 Å². The van der Waals surface area contributed by atoms with Crippen LogP contribution in [-0.2, 0) is 39.9 Å². The molecule has 2 fully saturated rings. The van der Waals surface area contributed by atoms with Crippen LogP contribution < -0.4 is 5.32 Å². The van der Waals surface area contributed by atoms with Gasteiger partial charge in [0.25, 0.3) is 0 Å². The predicted octanol–water partition coefficient (Wildman–Crippen LogP) is 6.64. The van der Waals surface area contributed by atoms with Gasteiger partial charge in [0.1, 0.15) is 5.60 Å². The molecule has 9 nitrogen and oxygen atoms in total. The first-order chi connectivity index (χ1) is 22.8. The minimum absolute atomic E-state index is 0.112. The second kappa shape index (κ2) is 17.9. The highest BCUT2D eigenvalue weighted by molar-refractivity contribution is 5.74. The summed E-state index contributed by atoms with van der Waals surface area (Å²) in [6.45, 7) is 10.7. The molecule has 47 heavy (non-hydrogen) atoms. The highest BCUT2D eigenvalue weighted by Gasteiger charge is 2.30. The number of aromatic nitrogens is 3. The molecular weight excluding hydrogens is 590 g/mol. The number of hydrogen-bond acceptors (Lipinski definition) is 8. The smallest absolute Gasteiger partial charge is 0.410 e. The van der Waals surface area contributed by atoms with Gasteiger partial charge in [0.05, 0.1) is 18.8 Å². The second-order valence-corrected chi connectivity index (χ2v) is 14.1. The van der Waals surface area contributed by atoms with Crippen LogP contribution >= 0.6 is 0 Å². The summed E-state index contributed by atoms with van der Waals surface area (Å²) < 4.78 is 17.2. The molecule has 0 radical (unpaired) electrons. The molecule has 2 saturated heterocycles. The molecule has 6 rings (SSSR count). The van der Waals surface area contributed by atoms with Crippen molar-refractivity contribution in [2.24, 2.45) is 0 Å². The Morgan fingerprint density at radius 1 is 0.894 bits per heavy atom. The third-order valence-corrected chi connectivity index (χ3v) is 8.93. The van der Waals surface area contributed by atoms with Crippen molar-refractivity contribution >= 4 is 17.1 Å². The summed E-state index contributed by atoms with van der Waals surface area (Å²) in [5.74, 6) is 0. The van der Waals surface area contributed by atoms with E-state index in [9.17, 15) is 4.79 Å². The lowest BCUT2D eigenvalue weighted by atomic mass is 9.95. The Bertz CT molecular complexity index is 1400. The Morgan fingerprint density at radius 2 is 1.64 bits per heavy atom. The zero-order chi connectivity index (χ0) is 32.9. The molecule has 3 aliphatic rings. The maximum Gasteiger partial charge on any atom is 0.410 e. The second-order valence-electron chi connectivity index (χ2n) is 14.1. The van der Waals surface area contributed by atoms with E-state index in [-0.39, 0.29) is 12.2 Å². The summed E-state index contributed by atoms with van der Waals surface area (Å²) in [4.78, 5) is 27.5. The topological polar surface area (TPSA) is 98.7 Å². The highest BCUT2D eigenvalue weighted by atomic mass is 16.6. The van der Waals surface area contributed by atoms with Crippen molar-refractivity contribution in [1.82, 2.24) is 25.2 Å². The van der Waals surface area contributed by atoms with Gasteiger partial charge < -0.3 is 24.4 Å². The number of aryl methyl sites for hydroxylation is 4. The fourth-order valence-electron chi connectivity index (χ4n) is 6.34. The fourth-order valence-corrected chi connectivity index (χ4v) is 6.34. The lowest BCUT2D eigenvalue weighted by molar-refractivity contribution is 0.0206. The van der Waals surface area contributed by atoms with E-state index in [0.717, 1.165) is 74.9 Å². The zero-order valence-corrected chi connectivity index (χ0v) is 28.8. The predicted molar refractivity (Wildman–Crippen MR) is 186 cm³/mol. The molecule has 2 atom stereocenters. The number of nitrogens with zero attached hydrogens (tertiary/aromatic N) is 4. The molecule has 3 aromatic heterocycles. The van der Waals surface area contributed by atoms with Gasteiger partial charge in [-0.1, -0.05) is 6.07 Å². The van der Waals surface area contributed by atoms with E-state index in [4.69, 9.17) is 19.2 Å². The molecule has 0 bridgehead atoms. The molecule has 2 aliphatic heterocycles. The van der Waals surface area contributed by atoms with Crippen LogP contribution in [0.4, 0.5) is 4.79 Å². The SMILES string of the molecule is CC(C)(C)OC(=O)N1CC[C@@H](OCCCCc2ccc3cccnc3n2)C1.c1cc2c(nc1CCCCO[C@@H]1CCNC1)CCCC2. The van der Waals surface area contributed by atoms with Gasteiger partial charge in [-0.05, 0) is 140 Å². The summed E-state index contributed by atoms with van der Waals surface area (Å²) in [6, 6.07) is 12.6.